The van der Waals surface area contributed by atoms with E-state index in [2.05, 4.69) is 4.90 Å². The van der Waals surface area contributed by atoms with Crippen LogP contribution >= 0.6 is 0 Å². The molecule has 0 spiro atoms. The lowest BCUT2D eigenvalue weighted by molar-refractivity contribution is 0.0819. The molecule has 212 valence electrons. The van der Waals surface area contributed by atoms with Gasteiger partial charge in [0.1, 0.15) is 18.2 Å². The zero-order chi connectivity index (χ0) is 28.8. The summed E-state index contributed by atoms with van der Waals surface area (Å²) >= 11 is 0. The lowest BCUT2D eigenvalue weighted by atomic mass is 9.90. The molecule has 1 unspecified atom stereocenters. The van der Waals surface area contributed by atoms with Gasteiger partial charge in [0.2, 0.25) is 0 Å². The third kappa shape index (κ3) is 7.61. The van der Waals surface area contributed by atoms with E-state index in [1.54, 1.807) is 41.3 Å². The number of nitrogens with two attached hydrogens (primary N) is 2. The van der Waals surface area contributed by atoms with Gasteiger partial charge in [0.25, 0.3) is 0 Å². The van der Waals surface area contributed by atoms with Crippen molar-refractivity contribution in [3.8, 4) is 0 Å². The fourth-order valence-corrected chi connectivity index (χ4v) is 5.38. The maximum atomic E-state index is 14.1. The highest BCUT2D eigenvalue weighted by Crippen LogP contribution is 2.27. The van der Waals surface area contributed by atoms with Gasteiger partial charge in [-0.05, 0) is 83.1 Å². The number of ether oxygens (including phenoxy) is 1. The molecule has 4 aromatic carbocycles. The van der Waals surface area contributed by atoms with Crippen LogP contribution in [-0.4, -0.2) is 35.0 Å². The van der Waals surface area contributed by atoms with E-state index in [1.165, 1.54) is 18.2 Å². The SMILES string of the molecule is Nc1cc(N)cc(CN(CCN2Cc3ccc(F)cc3CC2Cc2ccc(F)cc2)C(=O)OCc2ccccc2)c1. The van der Waals surface area contributed by atoms with Crippen molar-refractivity contribution in [2.45, 2.75) is 38.6 Å². The molecule has 0 saturated heterocycles. The van der Waals surface area contributed by atoms with Crippen molar-refractivity contribution in [2.75, 3.05) is 24.6 Å². The molecule has 4 N–H and O–H groups in total. The number of carbonyl (C=O) groups excluding carboxylic acids is 1. The molecular formula is C33H34F2N4O2. The molecule has 4 aromatic rings. The molecule has 1 aliphatic heterocycles. The van der Waals surface area contributed by atoms with Gasteiger partial charge >= 0.3 is 6.09 Å². The Morgan fingerprint density at radius 2 is 1.54 bits per heavy atom. The molecule has 0 bridgehead atoms. The second-order valence-corrected chi connectivity index (χ2v) is 10.5. The minimum atomic E-state index is -0.440. The molecule has 1 heterocycles. The Hall–Kier alpha value is -4.43. The fourth-order valence-electron chi connectivity index (χ4n) is 5.38. The molecule has 0 aromatic heterocycles. The number of anilines is 2. The lowest BCUT2D eigenvalue weighted by Gasteiger charge is -2.38. The fraction of sp³-hybridized carbons (Fsp3) is 0.242. The van der Waals surface area contributed by atoms with Gasteiger partial charge in [0.15, 0.2) is 0 Å². The van der Waals surface area contributed by atoms with Gasteiger partial charge in [0, 0.05) is 43.6 Å². The molecule has 6 nitrogen and oxygen atoms in total. The number of hydrogen-bond acceptors (Lipinski definition) is 5. The van der Waals surface area contributed by atoms with Crippen LogP contribution in [0.1, 0.15) is 27.8 Å². The first-order valence-corrected chi connectivity index (χ1v) is 13.7. The molecule has 0 saturated carbocycles. The van der Waals surface area contributed by atoms with Gasteiger partial charge in [-0.2, -0.15) is 0 Å². The minimum absolute atomic E-state index is 0.0416. The Morgan fingerprint density at radius 1 is 0.829 bits per heavy atom. The summed E-state index contributed by atoms with van der Waals surface area (Å²) in [6.45, 7) is 1.99. The van der Waals surface area contributed by atoms with Crippen LogP contribution in [0.25, 0.3) is 0 Å². The average molecular weight is 557 g/mol. The monoisotopic (exact) mass is 556 g/mol. The first kappa shape index (κ1) is 28.1. The van der Waals surface area contributed by atoms with Crippen LogP contribution in [0, 0.1) is 11.6 Å². The van der Waals surface area contributed by atoms with Crippen LogP contribution in [-0.2, 0) is 37.3 Å². The molecule has 0 aliphatic carbocycles. The predicted octanol–water partition coefficient (Wildman–Crippen LogP) is 5.94. The number of rotatable bonds is 9. The summed E-state index contributed by atoms with van der Waals surface area (Å²) in [5.74, 6) is -0.542. The molecule has 0 fully saturated rings. The van der Waals surface area contributed by atoms with E-state index in [1.807, 2.05) is 36.4 Å². The number of halogens is 2. The van der Waals surface area contributed by atoms with Crippen molar-refractivity contribution in [1.29, 1.82) is 0 Å². The number of nitrogen functional groups attached to an aromatic ring is 2. The second kappa shape index (κ2) is 12.8. The van der Waals surface area contributed by atoms with Gasteiger partial charge in [-0.25, -0.2) is 13.6 Å². The van der Waals surface area contributed by atoms with Crippen LogP contribution in [0.4, 0.5) is 25.0 Å². The van der Waals surface area contributed by atoms with Crippen LogP contribution in [0.2, 0.25) is 0 Å². The molecule has 41 heavy (non-hydrogen) atoms. The number of nitrogens with zero attached hydrogens (tertiary/aromatic N) is 2. The van der Waals surface area contributed by atoms with Crippen molar-refractivity contribution in [2.24, 2.45) is 0 Å². The van der Waals surface area contributed by atoms with Gasteiger partial charge in [-0.15, -0.1) is 0 Å². The smallest absolute Gasteiger partial charge is 0.410 e. The van der Waals surface area contributed by atoms with Crippen LogP contribution < -0.4 is 11.5 Å². The quantitative estimate of drug-likeness (QED) is 0.250. The standard InChI is InChI=1S/C33H34F2N4O2/c34-28-9-6-23(7-10-28)16-32-18-27-17-29(35)11-8-26(27)21-38(32)12-13-39(20-25-14-30(36)19-31(37)15-25)33(40)41-22-24-4-2-1-3-5-24/h1-11,14-15,17,19,32H,12-13,16,18,20-22,36-37H2. The van der Waals surface area contributed by atoms with Gasteiger partial charge in [-0.1, -0.05) is 48.5 Å². The predicted molar refractivity (Wildman–Crippen MR) is 157 cm³/mol. The Bertz CT molecular complexity index is 1460. The normalized spacial score (nSPS) is 14.8. The highest BCUT2D eigenvalue weighted by Gasteiger charge is 2.28. The zero-order valence-electron chi connectivity index (χ0n) is 22.8. The van der Waals surface area contributed by atoms with Crippen LogP contribution in [0.5, 0.6) is 0 Å². The van der Waals surface area contributed by atoms with Gasteiger partial charge < -0.3 is 21.1 Å². The summed E-state index contributed by atoms with van der Waals surface area (Å²) in [6, 6.07) is 26.2. The lowest BCUT2D eigenvalue weighted by Crippen LogP contribution is -2.46. The molecule has 0 radical (unpaired) electrons. The van der Waals surface area contributed by atoms with E-state index in [4.69, 9.17) is 16.2 Å². The molecular weight excluding hydrogens is 522 g/mol. The van der Waals surface area contributed by atoms with Gasteiger partial charge in [0.05, 0.1) is 0 Å². The number of fused-ring (bicyclic) bond motifs is 1. The Balaban J connectivity index is 1.35. The summed E-state index contributed by atoms with van der Waals surface area (Å²) in [5, 5.41) is 0. The highest BCUT2D eigenvalue weighted by atomic mass is 19.1. The van der Waals surface area contributed by atoms with E-state index in [9.17, 15) is 13.6 Å². The van der Waals surface area contributed by atoms with Crippen molar-refractivity contribution >= 4 is 17.5 Å². The van der Waals surface area contributed by atoms with E-state index < -0.39 is 6.09 Å². The van der Waals surface area contributed by atoms with Crippen molar-refractivity contribution in [3.05, 3.63) is 130 Å². The van der Waals surface area contributed by atoms with E-state index in [0.717, 1.165) is 27.8 Å². The Morgan fingerprint density at radius 3 is 2.27 bits per heavy atom. The Kier molecular flexibility index (Phi) is 8.79. The topological polar surface area (TPSA) is 84.8 Å². The number of amides is 1. The molecule has 1 atom stereocenters. The van der Waals surface area contributed by atoms with E-state index in [-0.39, 0.29) is 30.8 Å². The van der Waals surface area contributed by atoms with E-state index >= 15 is 0 Å². The van der Waals surface area contributed by atoms with Crippen LogP contribution in [0.15, 0.2) is 91.0 Å². The first-order valence-electron chi connectivity index (χ1n) is 13.7. The maximum Gasteiger partial charge on any atom is 0.410 e. The molecule has 1 amide bonds. The summed E-state index contributed by atoms with van der Waals surface area (Å²) in [6.07, 6.45) is 0.874. The number of carbonyl (C=O) groups is 1. The summed E-state index contributed by atoms with van der Waals surface area (Å²) in [4.78, 5) is 17.3. The van der Waals surface area contributed by atoms with Crippen molar-refractivity contribution in [1.82, 2.24) is 9.80 Å². The molecule has 5 rings (SSSR count). The van der Waals surface area contributed by atoms with Crippen LogP contribution in [0.3, 0.4) is 0 Å². The largest absolute Gasteiger partial charge is 0.445 e. The first-order chi connectivity index (χ1) is 19.8. The summed E-state index contributed by atoms with van der Waals surface area (Å²) in [5.41, 5.74) is 17.8. The second-order valence-electron chi connectivity index (χ2n) is 10.5. The van der Waals surface area contributed by atoms with Crippen molar-refractivity contribution in [3.63, 3.8) is 0 Å². The number of benzene rings is 4. The third-order valence-corrected chi connectivity index (χ3v) is 7.43. The average Bonchev–Trinajstić information content (AvgIpc) is 2.95. The Labute approximate surface area is 239 Å². The minimum Gasteiger partial charge on any atom is -0.445 e. The molecule has 1 aliphatic rings. The van der Waals surface area contributed by atoms with E-state index in [0.29, 0.717) is 43.9 Å². The van der Waals surface area contributed by atoms with Gasteiger partial charge in [-0.3, -0.25) is 4.90 Å². The maximum absolute atomic E-state index is 14.1. The number of hydrogen-bond donors (Lipinski definition) is 2. The zero-order valence-corrected chi connectivity index (χ0v) is 22.8. The highest BCUT2D eigenvalue weighted by molar-refractivity contribution is 5.68. The summed E-state index contributed by atoms with van der Waals surface area (Å²) in [7, 11) is 0. The summed E-state index contributed by atoms with van der Waals surface area (Å²) < 4.78 is 33.3. The molecule has 8 heteroatoms. The third-order valence-electron chi connectivity index (χ3n) is 7.43. The van der Waals surface area contributed by atoms with Crippen molar-refractivity contribution < 1.29 is 18.3 Å².